The van der Waals surface area contributed by atoms with Gasteiger partial charge in [0.1, 0.15) is 5.03 Å². The predicted octanol–water partition coefficient (Wildman–Crippen LogP) is 1.07. The summed E-state index contributed by atoms with van der Waals surface area (Å²) in [6.45, 7) is 0. The van der Waals surface area contributed by atoms with Gasteiger partial charge in [-0.05, 0) is 29.8 Å². The number of nitrogen functional groups attached to an aromatic ring is 1. The molecule has 0 saturated heterocycles. The number of hydrogen-bond donors (Lipinski definition) is 2. The zero-order valence-corrected chi connectivity index (χ0v) is 10.9. The smallest absolute Gasteiger partial charge is 0.248 e. The summed E-state index contributed by atoms with van der Waals surface area (Å²) < 4.78 is 12.1. The van der Waals surface area contributed by atoms with E-state index in [1.165, 1.54) is 0 Å². The van der Waals surface area contributed by atoms with Gasteiger partial charge < -0.3 is 11.5 Å². The molecular formula is C13H13N3O2S. The summed E-state index contributed by atoms with van der Waals surface area (Å²) in [7, 11) is -1.32. The van der Waals surface area contributed by atoms with Crippen LogP contribution in [0.2, 0.25) is 0 Å². The summed E-state index contributed by atoms with van der Waals surface area (Å²) in [5.74, 6) is -0.193. The number of pyridine rings is 1. The maximum absolute atomic E-state index is 12.1. The number of nitrogens with two attached hydrogens (primary N) is 2. The van der Waals surface area contributed by atoms with E-state index >= 15 is 0 Å². The summed E-state index contributed by atoms with van der Waals surface area (Å²) in [4.78, 5) is 15.0. The van der Waals surface area contributed by atoms with Gasteiger partial charge in [0.15, 0.2) is 0 Å². The van der Waals surface area contributed by atoms with E-state index in [4.69, 9.17) is 11.5 Å². The standard InChI is InChI=1S/C13H13N3O2S/c14-11-2-1-7-16-13(11)19(18)8-9-3-5-10(6-4-9)12(15)17/h1-7H,8,14H2,(H2,15,17). The molecule has 2 rings (SSSR count). The van der Waals surface area contributed by atoms with Crippen molar-refractivity contribution in [2.24, 2.45) is 5.73 Å². The molecule has 1 amide bonds. The molecule has 98 valence electrons. The van der Waals surface area contributed by atoms with Crippen molar-refractivity contribution >= 4 is 22.4 Å². The molecule has 0 aliphatic rings. The maximum Gasteiger partial charge on any atom is 0.248 e. The van der Waals surface area contributed by atoms with Gasteiger partial charge in [-0.1, -0.05) is 12.1 Å². The number of hydrogen-bond acceptors (Lipinski definition) is 4. The molecule has 0 bridgehead atoms. The van der Waals surface area contributed by atoms with E-state index in [1.807, 2.05) is 0 Å². The number of primary amides is 1. The fraction of sp³-hybridized carbons (Fsp3) is 0.0769. The summed E-state index contributed by atoms with van der Waals surface area (Å²) in [5, 5.41) is 0.376. The lowest BCUT2D eigenvalue weighted by Gasteiger charge is -2.05. The Morgan fingerprint density at radius 2 is 1.89 bits per heavy atom. The fourth-order valence-electron chi connectivity index (χ4n) is 1.58. The van der Waals surface area contributed by atoms with Crippen molar-refractivity contribution in [3.05, 3.63) is 53.7 Å². The van der Waals surface area contributed by atoms with Crippen LogP contribution in [-0.2, 0) is 16.6 Å². The third-order valence-electron chi connectivity index (χ3n) is 2.55. The van der Waals surface area contributed by atoms with Gasteiger partial charge in [-0.15, -0.1) is 0 Å². The van der Waals surface area contributed by atoms with Crippen molar-refractivity contribution in [2.75, 3.05) is 5.73 Å². The van der Waals surface area contributed by atoms with E-state index in [0.29, 0.717) is 22.0 Å². The molecule has 0 fully saturated rings. The van der Waals surface area contributed by atoms with E-state index in [9.17, 15) is 9.00 Å². The molecule has 19 heavy (non-hydrogen) atoms. The number of benzene rings is 1. The summed E-state index contributed by atoms with van der Waals surface area (Å²) in [5.41, 5.74) is 12.5. The second kappa shape index (κ2) is 5.62. The largest absolute Gasteiger partial charge is 0.396 e. The molecule has 1 unspecified atom stereocenters. The molecule has 0 aliphatic carbocycles. The van der Waals surface area contributed by atoms with Gasteiger partial charge in [0.25, 0.3) is 0 Å². The highest BCUT2D eigenvalue weighted by atomic mass is 32.2. The van der Waals surface area contributed by atoms with Crippen molar-refractivity contribution in [1.29, 1.82) is 0 Å². The highest BCUT2D eigenvalue weighted by Crippen LogP contribution is 2.16. The molecule has 0 saturated carbocycles. The molecule has 6 heteroatoms. The van der Waals surface area contributed by atoms with E-state index < -0.39 is 16.7 Å². The second-order valence-corrected chi connectivity index (χ2v) is 5.32. The second-order valence-electron chi connectivity index (χ2n) is 3.95. The summed E-state index contributed by atoms with van der Waals surface area (Å²) >= 11 is 0. The number of aromatic nitrogens is 1. The molecule has 0 spiro atoms. The minimum atomic E-state index is -1.32. The number of carbonyl (C=O) groups is 1. The predicted molar refractivity (Wildman–Crippen MR) is 73.7 cm³/mol. The number of amides is 1. The molecule has 1 atom stereocenters. The van der Waals surface area contributed by atoms with Crippen LogP contribution in [0.25, 0.3) is 0 Å². The number of rotatable bonds is 4. The Kier molecular flexibility index (Phi) is 3.91. The van der Waals surface area contributed by atoms with Crippen LogP contribution in [-0.4, -0.2) is 15.1 Å². The van der Waals surface area contributed by atoms with Crippen molar-refractivity contribution < 1.29 is 9.00 Å². The van der Waals surface area contributed by atoms with Crippen LogP contribution in [0, 0.1) is 0 Å². The van der Waals surface area contributed by atoms with Crippen LogP contribution in [0.5, 0.6) is 0 Å². The van der Waals surface area contributed by atoms with Gasteiger partial charge in [-0.3, -0.25) is 9.00 Å². The number of anilines is 1. The summed E-state index contributed by atoms with van der Waals surface area (Å²) in [6.07, 6.45) is 1.56. The number of carbonyl (C=O) groups excluding carboxylic acids is 1. The molecule has 1 aromatic carbocycles. The van der Waals surface area contributed by atoms with E-state index in [1.54, 1.807) is 42.6 Å². The molecular weight excluding hydrogens is 262 g/mol. The lowest BCUT2D eigenvalue weighted by molar-refractivity contribution is 0.100. The Balaban J connectivity index is 2.15. The molecule has 2 aromatic rings. The van der Waals surface area contributed by atoms with Crippen molar-refractivity contribution in [2.45, 2.75) is 10.8 Å². The van der Waals surface area contributed by atoms with Gasteiger partial charge in [-0.25, -0.2) is 4.98 Å². The normalized spacial score (nSPS) is 12.0. The minimum Gasteiger partial charge on any atom is -0.396 e. The third-order valence-corrected chi connectivity index (χ3v) is 3.92. The van der Waals surface area contributed by atoms with E-state index in [-0.39, 0.29) is 0 Å². The van der Waals surface area contributed by atoms with Gasteiger partial charge in [0, 0.05) is 11.8 Å². The third kappa shape index (κ3) is 3.17. The van der Waals surface area contributed by atoms with Gasteiger partial charge in [0.2, 0.25) is 5.91 Å². The lowest BCUT2D eigenvalue weighted by atomic mass is 10.1. The first kappa shape index (κ1) is 13.2. The van der Waals surface area contributed by atoms with Crippen molar-refractivity contribution in [3.63, 3.8) is 0 Å². The first-order valence-corrected chi connectivity index (χ1v) is 6.87. The molecule has 1 heterocycles. The zero-order valence-electron chi connectivity index (χ0n) is 10.1. The molecule has 0 radical (unpaired) electrons. The van der Waals surface area contributed by atoms with Gasteiger partial charge >= 0.3 is 0 Å². The van der Waals surface area contributed by atoms with Crippen LogP contribution in [0.1, 0.15) is 15.9 Å². The van der Waals surface area contributed by atoms with Gasteiger partial charge in [-0.2, -0.15) is 0 Å². The van der Waals surface area contributed by atoms with Crippen LogP contribution < -0.4 is 11.5 Å². The molecule has 1 aromatic heterocycles. The van der Waals surface area contributed by atoms with Gasteiger partial charge in [0.05, 0.1) is 22.2 Å². The fourth-order valence-corrected chi connectivity index (χ4v) is 2.72. The average Bonchev–Trinajstić information content (AvgIpc) is 2.39. The maximum atomic E-state index is 12.1. The monoisotopic (exact) mass is 275 g/mol. The van der Waals surface area contributed by atoms with Crippen LogP contribution in [0.4, 0.5) is 5.69 Å². The Morgan fingerprint density at radius 1 is 1.21 bits per heavy atom. The Labute approximate surface area is 113 Å². The first-order chi connectivity index (χ1) is 9.08. The van der Waals surface area contributed by atoms with Crippen LogP contribution in [0.3, 0.4) is 0 Å². The Bertz CT molecular complexity index is 626. The quantitative estimate of drug-likeness (QED) is 0.871. The highest BCUT2D eigenvalue weighted by Gasteiger charge is 2.10. The molecule has 0 aliphatic heterocycles. The van der Waals surface area contributed by atoms with E-state index in [0.717, 1.165) is 5.56 Å². The minimum absolute atomic E-state index is 0.292. The topological polar surface area (TPSA) is 99.1 Å². The SMILES string of the molecule is NC(=O)c1ccc(CS(=O)c2ncccc2N)cc1. The van der Waals surface area contributed by atoms with E-state index in [2.05, 4.69) is 4.98 Å². The number of nitrogens with zero attached hydrogens (tertiary/aromatic N) is 1. The summed E-state index contributed by atoms with van der Waals surface area (Å²) in [6, 6.07) is 10.0. The molecule has 4 N–H and O–H groups in total. The van der Waals surface area contributed by atoms with Crippen LogP contribution >= 0.6 is 0 Å². The van der Waals surface area contributed by atoms with Crippen molar-refractivity contribution in [1.82, 2.24) is 4.98 Å². The average molecular weight is 275 g/mol. The van der Waals surface area contributed by atoms with Crippen LogP contribution in [0.15, 0.2) is 47.6 Å². The molecule has 5 nitrogen and oxygen atoms in total. The van der Waals surface area contributed by atoms with Crippen molar-refractivity contribution in [3.8, 4) is 0 Å². The Morgan fingerprint density at radius 3 is 2.47 bits per heavy atom. The zero-order chi connectivity index (χ0) is 13.8. The lowest BCUT2D eigenvalue weighted by Crippen LogP contribution is -2.10. The Hall–Kier alpha value is -2.21. The highest BCUT2D eigenvalue weighted by molar-refractivity contribution is 7.84. The first-order valence-electron chi connectivity index (χ1n) is 5.55.